The zero-order valence-corrected chi connectivity index (χ0v) is 13.9. The van der Waals surface area contributed by atoms with Crippen LogP contribution in [0.5, 0.6) is 0 Å². The molecule has 0 bridgehead atoms. The molecule has 0 spiro atoms. The molecule has 2 N–H and O–H groups in total. The van der Waals surface area contributed by atoms with Crippen LogP contribution in [0, 0.1) is 0 Å². The van der Waals surface area contributed by atoms with E-state index >= 15 is 0 Å². The fourth-order valence-electron chi connectivity index (χ4n) is 2.12. The number of pyridine rings is 1. The number of aromatic nitrogens is 1. The van der Waals surface area contributed by atoms with Crippen LogP contribution in [0.3, 0.4) is 0 Å². The molecule has 0 saturated heterocycles. The summed E-state index contributed by atoms with van der Waals surface area (Å²) >= 11 is 6.77. The molecule has 0 amide bonds. The van der Waals surface area contributed by atoms with Gasteiger partial charge in [0, 0.05) is 32.7 Å². The Morgan fingerprint density at radius 3 is 2.30 bits per heavy atom. The van der Waals surface area contributed by atoms with Crippen LogP contribution < -0.4 is 0 Å². The molecular formula is C15H15Br2NO2. The molecule has 1 aromatic heterocycles. The average molecular weight is 401 g/mol. The predicted octanol–water partition coefficient (Wildman–Crippen LogP) is 3.07. The summed E-state index contributed by atoms with van der Waals surface area (Å²) in [5.41, 5.74) is 0.989. The number of rotatable bonds is 5. The lowest BCUT2D eigenvalue weighted by atomic mass is 9.78. The third-order valence-electron chi connectivity index (χ3n) is 3.35. The van der Waals surface area contributed by atoms with Gasteiger partial charge in [-0.3, -0.25) is 4.98 Å². The van der Waals surface area contributed by atoms with Gasteiger partial charge in [0.1, 0.15) is 0 Å². The van der Waals surface area contributed by atoms with Crippen LogP contribution in [0.2, 0.25) is 0 Å². The molecular weight excluding hydrogens is 386 g/mol. The average Bonchev–Trinajstić information content (AvgIpc) is 2.47. The Hall–Kier alpha value is -0.750. The van der Waals surface area contributed by atoms with E-state index in [1.807, 2.05) is 36.4 Å². The quantitative estimate of drug-likeness (QED) is 0.810. The minimum Gasteiger partial charge on any atom is -0.395 e. The Bertz CT molecular complexity index is 568. The summed E-state index contributed by atoms with van der Waals surface area (Å²) in [4.78, 5) is 4.33. The van der Waals surface area contributed by atoms with Crippen molar-refractivity contribution < 1.29 is 10.2 Å². The molecule has 3 nitrogen and oxygen atoms in total. The lowest BCUT2D eigenvalue weighted by Crippen LogP contribution is -2.37. The molecule has 20 heavy (non-hydrogen) atoms. The normalized spacial score (nSPS) is 11.6. The van der Waals surface area contributed by atoms with Crippen molar-refractivity contribution in [1.82, 2.24) is 4.98 Å². The SMILES string of the molecule is OCC(CO)(Cc1ccc(Br)cn1)c1cccc(Br)c1. The number of hydrogen-bond acceptors (Lipinski definition) is 3. The van der Waals surface area contributed by atoms with Gasteiger partial charge in [0.05, 0.1) is 13.2 Å². The topological polar surface area (TPSA) is 53.4 Å². The standard InChI is InChI=1S/C15H15Br2NO2/c16-12-3-1-2-11(6-12)15(9-19,10-20)7-14-5-4-13(17)8-18-14/h1-6,8,19-20H,7,9-10H2. The number of hydrogen-bond donors (Lipinski definition) is 2. The van der Waals surface area contributed by atoms with E-state index in [2.05, 4.69) is 36.8 Å². The minimum atomic E-state index is -0.732. The first-order chi connectivity index (χ1) is 9.59. The van der Waals surface area contributed by atoms with Gasteiger partial charge in [-0.05, 0) is 45.8 Å². The fraction of sp³-hybridized carbons (Fsp3) is 0.267. The van der Waals surface area contributed by atoms with Crippen LogP contribution in [0.15, 0.2) is 51.5 Å². The van der Waals surface area contributed by atoms with Gasteiger partial charge in [-0.1, -0.05) is 28.1 Å². The van der Waals surface area contributed by atoms with E-state index in [0.717, 1.165) is 20.2 Å². The molecule has 2 aromatic rings. The van der Waals surface area contributed by atoms with Crippen molar-refractivity contribution in [2.45, 2.75) is 11.8 Å². The van der Waals surface area contributed by atoms with Crippen molar-refractivity contribution in [3.8, 4) is 0 Å². The molecule has 5 heteroatoms. The van der Waals surface area contributed by atoms with E-state index in [4.69, 9.17) is 0 Å². The van der Waals surface area contributed by atoms with Crippen molar-refractivity contribution in [1.29, 1.82) is 0 Å². The number of aliphatic hydroxyl groups excluding tert-OH is 2. The molecule has 0 unspecified atom stereocenters. The Labute approximate surface area is 134 Å². The first-order valence-electron chi connectivity index (χ1n) is 6.18. The lowest BCUT2D eigenvalue weighted by Gasteiger charge is -2.30. The molecule has 0 aliphatic heterocycles. The van der Waals surface area contributed by atoms with Crippen LogP contribution in [-0.4, -0.2) is 28.4 Å². The zero-order chi connectivity index (χ0) is 14.6. The van der Waals surface area contributed by atoms with E-state index in [1.54, 1.807) is 6.20 Å². The molecule has 0 fully saturated rings. The Morgan fingerprint density at radius 1 is 1.00 bits per heavy atom. The highest BCUT2D eigenvalue weighted by Gasteiger charge is 2.32. The molecule has 106 valence electrons. The monoisotopic (exact) mass is 399 g/mol. The molecule has 0 aliphatic carbocycles. The van der Waals surface area contributed by atoms with Gasteiger partial charge in [0.25, 0.3) is 0 Å². The molecule has 0 radical (unpaired) electrons. The highest BCUT2D eigenvalue weighted by Crippen LogP contribution is 2.29. The van der Waals surface area contributed by atoms with Crippen LogP contribution in [0.1, 0.15) is 11.3 Å². The zero-order valence-electron chi connectivity index (χ0n) is 10.8. The van der Waals surface area contributed by atoms with Gasteiger partial charge < -0.3 is 10.2 Å². The van der Waals surface area contributed by atoms with Crippen molar-refractivity contribution >= 4 is 31.9 Å². The maximum atomic E-state index is 9.82. The fourth-order valence-corrected chi connectivity index (χ4v) is 2.76. The van der Waals surface area contributed by atoms with Gasteiger partial charge in [-0.2, -0.15) is 0 Å². The maximum absolute atomic E-state index is 9.82. The summed E-state index contributed by atoms with van der Waals surface area (Å²) in [6, 6.07) is 11.4. The maximum Gasteiger partial charge on any atom is 0.0553 e. The Kier molecular flexibility index (Phi) is 5.32. The summed E-state index contributed by atoms with van der Waals surface area (Å²) < 4.78 is 1.83. The number of benzene rings is 1. The van der Waals surface area contributed by atoms with E-state index in [-0.39, 0.29) is 13.2 Å². The lowest BCUT2D eigenvalue weighted by molar-refractivity contribution is 0.115. The molecule has 2 rings (SSSR count). The van der Waals surface area contributed by atoms with Crippen molar-refractivity contribution in [2.24, 2.45) is 0 Å². The van der Waals surface area contributed by atoms with E-state index < -0.39 is 5.41 Å². The largest absolute Gasteiger partial charge is 0.395 e. The third-order valence-corrected chi connectivity index (χ3v) is 4.31. The molecule has 0 aliphatic rings. The second-order valence-corrected chi connectivity index (χ2v) is 6.58. The molecule has 0 saturated carbocycles. The third kappa shape index (κ3) is 3.47. The van der Waals surface area contributed by atoms with E-state index in [1.165, 1.54) is 0 Å². The Morgan fingerprint density at radius 2 is 1.75 bits per heavy atom. The van der Waals surface area contributed by atoms with Crippen LogP contribution in [0.4, 0.5) is 0 Å². The van der Waals surface area contributed by atoms with Crippen molar-refractivity contribution in [3.05, 3.63) is 62.8 Å². The highest BCUT2D eigenvalue weighted by atomic mass is 79.9. The summed E-state index contributed by atoms with van der Waals surface area (Å²) in [6.45, 7) is -0.282. The summed E-state index contributed by atoms with van der Waals surface area (Å²) in [5.74, 6) is 0. The number of nitrogens with zero attached hydrogens (tertiary/aromatic N) is 1. The van der Waals surface area contributed by atoms with Crippen LogP contribution in [-0.2, 0) is 11.8 Å². The molecule has 1 heterocycles. The van der Waals surface area contributed by atoms with Crippen LogP contribution in [0.25, 0.3) is 0 Å². The molecule has 0 atom stereocenters. The minimum absolute atomic E-state index is 0.141. The number of aliphatic hydroxyl groups is 2. The smallest absolute Gasteiger partial charge is 0.0553 e. The Balaban J connectivity index is 2.36. The summed E-state index contributed by atoms with van der Waals surface area (Å²) in [5, 5.41) is 19.6. The second-order valence-electron chi connectivity index (χ2n) is 4.75. The van der Waals surface area contributed by atoms with Gasteiger partial charge in [0.2, 0.25) is 0 Å². The van der Waals surface area contributed by atoms with Gasteiger partial charge >= 0.3 is 0 Å². The second kappa shape index (κ2) is 6.80. The van der Waals surface area contributed by atoms with Gasteiger partial charge in [-0.15, -0.1) is 0 Å². The predicted molar refractivity (Wildman–Crippen MR) is 85.6 cm³/mol. The first-order valence-corrected chi connectivity index (χ1v) is 7.76. The summed E-state index contributed by atoms with van der Waals surface area (Å²) in [7, 11) is 0. The van der Waals surface area contributed by atoms with Gasteiger partial charge in [0.15, 0.2) is 0 Å². The van der Waals surface area contributed by atoms with Gasteiger partial charge in [-0.25, -0.2) is 0 Å². The van der Waals surface area contributed by atoms with Crippen LogP contribution >= 0.6 is 31.9 Å². The summed E-state index contributed by atoms with van der Waals surface area (Å²) in [6.07, 6.45) is 2.19. The molecule has 1 aromatic carbocycles. The van der Waals surface area contributed by atoms with Crippen molar-refractivity contribution in [2.75, 3.05) is 13.2 Å². The number of halogens is 2. The highest BCUT2D eigenvalue weighted by molar-refractivity contribution is 9.10. The first kappa shape index (κ1) is 15.6. The van der Waals surface area contributed by atoms with E-state index in [0.29, 0.717) is 6.42 Å². The van der Waals surface area contributed by atoms with Crippen molar-refractivity contribution in [3.63, 3.8) is 0 Å². The van der Waals surface area contributed by atoms with E-state index in [9.17, 15) is 10.2 Å².